The fourth-order valence-corrected chi connectivity index (χ4v) is 1.18. The standard InChI is InChI=1S/C9H13ClN2O/c1-9(2,3)12-5-7(6-13)8(4-10)11-12/h5-6H,4H2,1-3H3. The molecule has 0 unspecified atom stereocenters. The topological polar surface area (TPSA) is 34.9 Å². The van der Waals surface area contributed by atoms with Gasteiger partial charge in [0.25, 0.3) is 0 Å². The Balaban J connectivity index is 3.14. The molecule has 0 fully saturated rings. The highest BCUT2D eigenvalue weighted by Crippen LogP contribution is 2.16. The second-order valence-electron chi connectivity index (χ2n) is 3.90. The third-order valence-electron chi connectivity index (χ3n) is 1.76. The summed E-state index contributed by atoms with van der Waals surface area (Å²) < 4.78 is 1.76. The van der Waals surface area contributed by atoms with Crippen molar-refractivity contribution in [2.24, 2.45) is 0 Å². The second kappa shape index (κ2) is 3.50. The molecule has 0 aromatic carbocycles. The molecule has 4 heteroatoms. The molecule has 0 spiro atoms. The summed E-state index contributed by atoms with van der Waals surface area (Å²) in [5, 5.41) is 4.22. The highest BCUT2D eigenvalue weighted by molar-refractivity contribution is 6.17. The SMILES string of the molecule is CC(C)(C)n1cc(C=O)c(CCl)n1. The molecule has 0 aliphatic rings. The summed E-state index contributed by atoms with van der Waals surface area (Å²) in [5.41, 5.74) is 1.11. The average molecular weight is 201 g/mol. The minimum atomic E-state index is -0.109. The van der Waals surface area contributed by atoms with Crippen LogP contribution in [-0.4, -0.2) is 16.1 Å². The highest BCUT2D eigenvalue weighted by Gasteiger charge is 2.16. The minimum Gasteiger partial charge on any atom is -0.298 e. The molecular formula is C9H13ClN2O. The Morgan fingerprint density at radius 1 is 1.62 bits per heavy atom. The number of carbonyl (C=O) groups is 1. The maximum Gasteiger partial charge on any atom is 0.153 e. The lowest BCUT2D eigenvalue weighted by atomic mass is 10.1. The molecule has 0 saturated heterocycles. The number of halogens is 1. The van der Waals surface area contributed by atoms with Gasteiger partial charge in [-0.05, 0) is 20.8 Å². The van der Waals surface area contributed by atoms with Crippen LogP contribution in [0.3, 0.4) is 0 Å². The van der Waals surface area contributed by atoms with Crippen LogP contribution in [-0.2, 0) is 11.4 Å². The fraction of sp³-hybridized carbons (Fsp3) is 0.556. The summed E-state index contributed by atoms with van der Waals surface area (Å²) in [5.74, 6) is 0.275. The molecule has 3 nitrogen and oxygen atoms in total. The molecule has 0 aliphatic carbocycles. The maximum atomic E-state index is 10.6. The fourth-order valence-electron chi connectivity index (χ4n) is 0.969. The van der Waals surface area contributed by atoms with Crippen molar-refractivity contribution in [1.82, 2.24) is 9.78 Å². The predicted molar refractivity (Wildman–Crippen MR) is 52.2 cm³/mol. The van der Waals surface area contributed by atoms with Gasteiger partial charge in [-0.25, -0.2) is 0 Å². The molecule has 1 rings (SSSR count). The number of aromatic nitrogens is 2. The molecule has 1 aromatic rings. The minimum absolute atomic E-state index is 0.109. The number of carbonyl (C=O) groups excluding carboxylic acids is 1. The van der Waals surface area contributed by atoms with Crippen LogP contribution in [0.4, 0.5) is 0 Å². The van der Waals surface area contributed by atoms with E-state index in [2.05, 4.69) is 5.10 Å². The first-order chi connectivity index (χ1) is 5.99. The Labute approximate surface area is 82.7 Å². The molecule has 72 valence electrons. The number of rotatable bonds is 2. The van der Waals surface area contributed by atoms with E-state index in [9.17, 15) is 4.79 Å². The summed E-state index contributed by atoms with van der Waals surface area (Å²) in [6, 6.07) is 0. The van der Waals surface area contributed by atoms with E-state index >= 15 is 0 Å². The van der Waals surface area contributed by atoms with E-state index in [1.165, 1.54) is 0 Å². The zero-order valence-electron chi connectivity index (χ0n) is 8.04. The third-order valence-corrected chi connectivity index (χ3v) is 2.02. The Morgan fingerprint density at radius 3 is 2.54 bits per heavy atom. The summed E-state index contributed by atoms with van der Waals surface area (Å²) in [6.45, 7) is 6.06. The van der Waals surface area contributed by atoms with Gasteiger partial charge >= 0.3 is 0 Å². The normalized spacial score (nSPS) is 11.7. The van der Waals surface area contributed by atoms with Gasteiger partial charge in [0.15, 0.2) is 6.29 Å². The van der Waals surface area contributed by atoms with Gasteiger partial charge in [0, 0.05) is 6.20 Å². The van der Waals surface area contributed by atoms with Crippen molar-refractivity contribution in [3.8, 4) is 0 Å². The number of alkyl halides is 1. The number of hydrogen-bond donors (Lipinski definition) is 0. The van der Waals surface area contributed by atoms with Gasteiger partial charge in [-0.15, -0.1) is 11.6 Å². The zero-order valence-corrected chi connectivity index (χ0v) is 8.80. The van der Waals surface area contributed by atoms with E-state index < -0.39 is 0 Å². The lowest BCUT2D eigenvalue weighted by Gasteiger charge is -2.18. The molecule has 0 atom stereocenters. The van der Waals surface area contributed by atoms with E-state index in [4.69, 9.17) is 11.6 Å². The smallest absolute Gasteiger partial charge is 0.153 e. The van der Waals surface area contributed by atoms with Crippen molar-refractivity contribution in [3.05, 3.63) is 17.5 Å². The van der Waals surface area contributed by atoms with Gasteiger partial charge in [-0.1, -0.05) is 0 Å². The molecule has 1 heterocycles. The highest BCUT2D eigenvalue weighted by atomic mass is 35.5. The van der Waals surface area contributed by atoms with E-state index in [0.29, 0.717) is 11.3 Å². The Morgan fingerprint density at radius 2 is 2.23 bits per heavy atom. The first-order valence-electron chi connectivity index (χ1n) is 4.09. The van der Waals surface area contributed by atoms with Gasteiger partial charge in [0.2, 0.25) is 0 Å². The summed E-state index contributed by atoms with van der Waals surface area (Å²) >= 11 is 5.64. The van der Waals surface area contributed by atoms with Crippen LogP contribution in [0.2, 0.25) is 0 Å². The third kappa shape index (κ3) is 2.10. The van der Waals surface area contributed by atoms with Gasteiger partial charge in [0.05, 0.1) is 22.7 Å². The van der Waals surface area contributed by atoms with E-state index in [0.717, 1.165) is 6.29 Å². The first-order valence-corrected chi connectivity index (χ1v) is 4.62. The van der Waals surface area contributed by atoms with Crippen molar-refractivity contribution < 1.29 is 4.79 Å². The van der Waals surface area contributed by atoms with Crippen LogP contribution in [0.1, 0.15) is 36.8 Å². The van der Waals surface area contributed by atoms with Crippen LogP contribution in [0.5, 0.6) is 0 Å². The molecule has 0 radical (unpaired) electrons. The Kier molecular flexibility index (Phi) is 2.76. The number of nitrogens with zero attached hydrogens (tertiary/aromatic N) is 2. The monoisotopic (exact) mass is 200 g/mol. The number of aldehydes is 1. The van der Waals surface area contributed by atoms with Crippen LogP contribution in [0.25, 0.3) is 0 Å². The molecule has 0 saturated carbocycles. The molecule has 0 bridgehead atoms. The van der Waals surface area contributed by atoms with Crippen LogP contribution < -0.4 is 0 Å². The van der Waals surface area contributed by atoms with Gasteiger partial charge in [-0.3, -0.25) is 9.48 Å². The van der Waals surface area contributed by atoms with Crippen molar-refractivity contribution in [1.29, 1.82) is 0 Å². The lowest BCUT2D eigenvalue weighted by molar-refractivity contribution is 0.112. The van der Waals surface area contributed by atoms with E-state index in [-0.39, 0.29) is 11.4 Å². The van der Waals surface area contributed by atoms with Crippen molar-refractivity contribution in [3.63, 3.8) is 0 Å². The first kappa shape index (κ1) is 10.3. The van der Waals surface area contributed by atoms with Crippen LogP contribution in [0.15, 0.2) is 6.20 Å². The Hall–Kier alpha value is -0.830. The van der Waals surface area contributed by atoms with Gasteiger partial charge in [-0.2, -0.15) is 5.10 Å². The lowest BCUT2D eigenvalue weighted by Crippen LogP contribution is -2.22. The second-order valence-corrected chi connectivity index (χ2v) is 4.17. The van der Waals surface area contributed by atoms with Gasteiger partial charge in [0.1, 0.15) is 0 Å². The van der Waals surface area contributed by atoms with Crippen LogP contribution >= 0.6 is 11.6 Å². The summed E-state index contributed by atoms with van der Waals surface area (Å²) in [4.78, 5) is 10.6. The summed E-state index contributed by atoms with van der Waals surface area (Å²) in [6.07, 6.45) is 2.51. The molecular weight excluding hydrogens is 188 g/mol. The molecule has 1 aromatic heterocycles. The molecule has 0 N–H and O–H groups in total. The molecule has 0 amide bonds. The van der Waals surface area contributed by atoms with Crippen LogP contribution in [0, 0.1) is 0 Å². The predicted octanol–water partition coefficient (Wildman–Crippen LogP) is 2.19. The van der Waals surface area contributed by atoms with Crippen molar-refractivity contribution in [2.75, 3.05) is 0 Å². The maximum absolute atomic E-state index is 10.6. The van der Waals surface area contributed by atoms with E-state index in [1.807, 2.05) is 20.8 Å². The quantitative estimate of drug-likeness (QED) is 0.542. The zero-order chi connectivity index (χ0) is 10.1. The van der Waals surface area contributed by atoms with Crippen molar-refractivity contribution >= 4 is 17.9 Å². The average Bonchev–Trinajstić information content (AvgIpc) is 2.45. The number of hydrogen-bond acceptors (Lipinski definition) is 2. The largest absolute Gasteiger partial charge is 0.298 e. The Bertz CT molecular complexity index is 312. The molecule has 13 heavy (non-hydrogen) atoms. The van der Waals surface area contributed by atoms with E-state index in [1.54, 1.807) is 10.9 Å². The summed E-state index contributed by atoms with van der Waals surface area (Å²) in [7, 11) is 0. The van der Waals surface area contributed by atoms with Gasteiger partial charge < -0.3 is 0 Å². The molecule has 0 aliphatic heterocycles. The van der Waals surface area contributed by atoms with Crippen molar-refractivity contribution in [2.45, 2.75) is 32.2 Å².